The Bertz CT molecular complexity index is 840. The van der Waals surface area contributed by atoms with E-state index >= 15 is 0 Å². The summed E-state index contributed by atoms with van der Waals surface area (Å²) in [4.78, 5) is 4.53. The average Bonchev–Trinajstić information content (AvgIpc) is 2.75. The van der Waals surface area contributed by atoms with Crippen molar-refractivity contribution in [2.45, 2.75) is 5.54 Å². The van der Waals surface area contributed by atoms with Crippen molar-refractivity contribution in [1.29, 1.82) is 0 Å². The van der Waals surface area contributed by atoms with Gasteiger partial charge in [0.1, 0.15) is 11.4 Å². The lowest BCUT2D eigenvalue weighted by atomic mass is 9.77. The van der Waals surface area contributed by atoms with E-state index in [-0.39, 0.29) is 0 Å². The molecule has 1 heterocycles. The first-order valence-electron chi connectivity index (χ1n) is 8.75. The minimum atomic E-state index is -0.530. The van der Waals surface area contributed by atoms with E-state index in [2.05, 4.69) is 83.1 Å². The monoisotopic (exact) mass is 336 g/mol. The van der Waals surface area contributed by atoms with Crippen molar-refractivity contribution in [2.24, 2.45) is 0 Å². The highest BCUT2D eigenvalue weighted by Crippen LogP contribution is 2.39. The standard InChI is InChI=1S/C24H20N2/c1-4-12-20(13-5-1)24(21-14-6-2-7-15-21,22-16-8-3-9-17-22)26-23-18-10-11-19-25-23/h1-19H,(H,25,26). The number of nitrogens with one attached hydrogen (secondary N) is 1. The predicted octanol–water partition coefficient (Wildman–Crippen LogP) is 5.49. The Kier molecular flexibility index (Phi) is 4.48. The van der Waals surface area contributed by atoms with E-state index in [4.69, 9.17) is 0 Å². The minimum absolute atomic E-state index is 0.530. The van der Waals surface area contributed by atoms with E-state index in [0.29, 0.717) is 0 Å². The SMILES string of the molecule is c1ccc(C(Nc2ccccn2)(c2ccccc2)c2ccccc2)cc1. The average molecular weight is 336 g/mol. The van der Waals surface area contributed by atoms with Gasteiger partial charge in [0.2, 0.25) is 0 Å². The van der Waals surface area contributed by atoms with Gasteiger partial charge in [0.15, 0.2) is 0 Å². The van der Waals surface area contributed by atoms with Gasteiger partial charge in [-0.2, -0.15) is 0 Å². The lowest BCUT2D eigenvalue weighted by Crippen LogP contribution is -2.38. The van der Waals surface area contributed by atoms with Crippen LogP contribution >= 0.6 is 0 Å². The van der Waals surface area contributed by atoms with Gasteiger partial charge >= 0.3 is 0 Å². The van der Waals surface area contributed by atoms with E-state index in [1.807, 2.05) is 42.6 Å². The van der Waals surface area contributed by atoms with Crippen molar-refractivity contribution >= 4 is 5.82 Å². The normalized spacial score (nSPS) is 11.1. The van der Waals surface area contributed by atoms with Crippen molar-refractivity contribution in [3.8, 4) is 0 Å². The zero-order valence-electron chi connectivity index (χ0n) is 14.4. The molecule has 0 aliphatic carbocycles. The minimum Gasteiger partial charge on any atom is -0.353 e. The number of benzene rings is 3. The van der Waals surface area contributed by atoms with Gasteiger partial charge in [0.05, 0.1) is 0 Å². The molecule has 0 bridgehead atoms. The Balaban J connectivity index is 2.00. The second-order valence-electron chi connectivity index (χ2n) is 6.19. The van der Waals surface area contributed by atoms with Crippen LogP contribution in [-0.2, 0) is 5.54 Å². The first kappa shape index (κ1) is 16.1. The molecule has 2 nitrogen and oxygen atoms in total. The van der Waals surface area contributed by atoms with Gasteiger partial charge in [-0.15, -0.1) is 0 Å². The summed E-state index contributed by atoms with van der Waals surface area (Å²) in [6.45, 7) is 0. The first-order valence-corrected chi connectivity index (χ1v) is 8.75. The predicted molar refractivity (Wildman–Crippen MR) is 107 cm³/mol. The quantitative estimate of drug-likeness (QED) is 0.488. The summed E-state index contributed by atoms with van der Waals surface area (Å²) in [5, 5.41) is 3.73. The molecule has 1 N–H and O–H groups in total. The molecule has 0 saturated heterocycles. The van der Waals surface area contributed by atoms with Crippen LogP contribution in [0.2, 0.25) is 0 Å². The fourth-order valence-corrected chi connectivity index (χ4v) is 3.41. The number of hydrogen-bond donors (Lipinski definition) is 1. The fraction of sp³-hybridized carbons (Fsp3) is 0.0417. The van der Waals surface area contributed by atoms with Crippen LogP contribution in [-0.4, -0.2) is 4.98 Å². The van der Waals surface area contributed by atoms with Crippen LogP contribution < -0.4 is 5.32 Å². The van der Waals surface area contributed by atoms with Crippen molar-refractivity contribution in [1.82, 2.24) is 4.98 Å². The summed E-state index contributed by atoms with van der Waals surface area (Å²) < 4.78 is 0. The summed E-state index contributed by atoms with van der Waals surface area (Å²) in [5.41, 5.74) is 2.98. The number of pyridine rings is 1. The molecule has 0 saturated carbocycles. The number of nitrogens with zero attached hydrogens (tertiary/aromatic N) is 1. The zero-order chi connectivity index (χ0) is 17.7. The van der Waals surface area contributed by atoms with Crippen LogP contribution in [0.3, 0.4) is 0 Å². The number of hydrogen-bond acceptors (Lipinski definition) is 2. The number of rotatable bonds is 5. The van der Waals surface area contributed by atoms with Crippen molar-refractivity contribution < 1.29 is 0 Å². The summed E-state index contributed by atoms with van der Waals surface area (Å²) in [7, 11) is 0. The summed E-state index contributed by atoms with van der Waals surface area (Å²) >= 11 is 0. The third-order valence-corrected chi connectivity index (χ3v) is 4.60. The van der Waals surface area contributed by atoms with Crippen LogP contribution in [0.4, 0.5) is 5.82 Å². The van der Waals surface area contributed by atoms with Gasteiger partial charge in [0.25, 0.3) is 0 Å². The van der Waals surface area contributed by atoms with E-state index in [1.165, 1.54) is 16.7 Å². The second-order valence-corrected chi connectivity index (χ2v) is 6.19. The van der Waals surface area contributed by atoms with Gasteiger partial charge in [-0.05, 0) is 28.8 Å². The molecule has 0 fully saturated rings. The van der Waals surface area contributed by atoms with Crippen LogP contribution in [0.25, 0.3) is 0 Å². The van der Waals surface area contributed by atoms with Gasteiger partial charge in [-0.3, -0.25) is 0 Å². The lowest BCUT2D eigenvalue weighted by molar-refractivity contribution is 0.707. The third kappa shape index (κ3) is 2.98. The molecule has 0 unspecified atom stereocenters. The molecule has 26 heavy (non-hydrogen) atoms. The van der Waals surface area contributed by atoms with Gasteiger partial charge in [0, 0.05) is 6.20 Å². The maximum Gasteiger partial charge on any atom is 0.127 e. The Hall–Kier alpha value is -3.39. The van der Waals surface area contributed by atoms with Crippen molar-refractivity contribution in [3.05, 3.63) is 132 Å². The van der Waals surface area contributed by atoms with Crippen molar-refractivity contribution in [3.63, 3.8) is 0 Å². The maximum atomic E-state index is 4.53. The highest BCUT2D eigenvalue weighted by Gasteiger charge is 2.36. The molecule has 1 aromatic heterocycles. The molecule has 0 aliphatic rings. The van der Waals surface area contributed by atoms with Crippen LogP contribution in [0, 0.1) is 0 Å². The molecule has 0 amide bonds. The highest BCUT2D eigenvalue weighted by atomic mass is 15.1. The summed E-state index contributed by atoms with van der Waals surface area (Å²) in [6, 6.07) is 37.5. The Morgan fingerprint density at radius 2 is 0.923 bits per heavy atom. The van der Waals surface area contributed by atoms with Crippen LogP contribution in [0.1, 0.15) is 16.7 Å². The van der Waals surface area contributed by atoms with E-state index < -0.39 is 5.54 Å². The molecular formula is C24H20N2. The largest absolute Gasteiger partial charge is 0.353 e. The Morgan fingerprint density at radius 1 is 0.500 bits per heavy atom. The van der Waals surface area contributed by atoms with E-state index in [0.717, 1.165) is 5.82 Å². The second kappa shape index (κ2) is 7.24. The first-order chi connectivity index (χ1) is 12.9. The van der Waals surface area contributed by atoms with Gasteiger partial charge in [-0.25, -0.2) is 4.98 Å². The lowest BCUT2D eigenvalue weighted by Gasteiger charge is -2.37. The Labute approximate surface area is 154 Å². The fourth-order valence-electron chi connectivity index (χ4n) is 3.41. The molecule has 3 aromatic carbocycles. The van der Waals surface area contributed by atoms with Crippen molar-refractivity contribution in [2.75, 3.05) is 5.32 Å². The highest BCUT2D eigenvalue weighted by molar-refractivity contribution is 5.57. The molecule has 0 aliphatic heterocycles. The molecule has 0 radical (unpaired) electrons. The van der Waals surface area contributed by atoms with E-state index in [9.17, 15) is 0 Å². The Morgan fingerprint density at radius 3 is 1.31 bits per heavy atom. The van der Waals surface area contributed by atoms with Crippen LogP contribution in [0.5, 0.6) is 0 Å². The summed E-state index contributed by atoms with van der Waals surface area (Å²) in [6.07, 6.45) is 1.81. The van der Waals surface area contributed by atoms with Gasteiger partial charge < -0.3 is 5.32 Å². The molecule has 4 aromatic rings. The molecule has 0 spiro atoms. The molecule has 2 heteroatoms. The van der Waals surface area contributed by atoms with E-state index in [1.54, 1.807) is 0 Å². The smallest absolute Gasteiger partial charge is 0.127 e. The van der Waals surface area contributed by atoms with Gasteiger partial charge in [-0.1, -0.05) is 97.1 Å². The maximum absolute atomic E-state index is 4.53. The number of aromatic nitrogens is 1. The van der Waals surface area contributed by atoms with Crippen LogP contribution in [0.15, 0.2) is 115 Å². The number of anilines is 1. The molecular weight excluding hydrogens is 316 g/mol. The molecule has 126 valence electrons. The molecule has 4 rings (SSSR count). The zero-order valence-corrected chi connectivity index (χ0v) is 14.4. The topological polar surface area (TPSA) is 24.9 Å². The third-order valence-electron chi connectivity index (χ3n) is 4.60. The summed E-state index contributed by atoms with van der Waals surface area (Å²) in [5.74, 6) is 0.837. The molecule has 0 atom stereocenters.